The molecule has 0 saturated heterocycles. The Kier molecular flexibility index (Phi) is 5.38. The number of thiophene rings is 1. The van der Waals surface area contributed by atoms with Crippen LogP contribution in [0.15, 0.2) is 47.8 Å². The van der Waals surface area contributed by atoms with E-state index in [1.54, 1.807) is 0 Å². The summed E-state index contributed by atoms with van der Waals surface area (Å²) in [6.07, 6.45) is 2.29. The van der Waals surface area contributed by atoms with Crippen LogP contribution in [0.5, 0.6) is 0 Å². The standard InChI is InChI=1S/C18H25NS/c1-15(19-12-11-17-10-7-13-20-17)14-18(2,3)16-8-5-4-6-9-16/h4-10,13,15,19H,11-12,14H2,1-3H3. The van der Waals surface area contributed by atoms with Gasteiger partial charge in [0, 0.05) is 17.5 Å². The minimum absolute atomic E-state index is 0.219. The van der Waals surface area contributed by atoms with E-state index in [2.05, 4.69) is 73.9 Å². The largest absolute Gasteiger partial charge is 0.314 e. The summed E-state index contributed by atoms with van der Waals surface area (Å²) in [6, 6.07) is 15.7. The maximum absolute atomic E-state index is 3.65. The first-order valence-electron chi connectivity index (χ1n) is 7.39. The zero-order valence-electron chi connectivity index (χ0n) is 12.7. The molecular formula is C18H25NS. The van der Waals surface area contributed by atoms with E-state index in [0.29, 0.717) is 6.04 Å². The molecule has 0 aliphatic rings. The molecule has 1 nitrogen and oxygen atoms in total. The quantitative estimate of drug-likeness (QED) is 0.782. The van der Waals surface area contributed by atoms with E-state index in [9.17, 15) is 0 Å². The number of nitrogens with one attached hydrogen (secondary N) is 1. The first-order chi connectivity index (χ1) is 9.58. The number of benzene rings is 1. The predicted molar refractivity (Wildman–Crippen MR) is 89.6 cm³/mol. The van der Waals surface area contributed by atoms with Crippen LogP contribution in [0.3, 0.4) is 0 Å². The molecule has 2 aromatic rings. The van der Waals surface area contributed by atoms with Crippen molar-refractivity contribution in [3.05, 3.63) is 58.3 Å². The fraction of sp³-hybridized carbons (Fsp3) is 0.444. The lowest BCUT2D eigenvalue weighted by Crippen LogP contribution is -2.34. The molecule has 1 atom stereocenters. The van der Waals surface area contributed by atoms with Gasteiger partial charge < -0.3 is 5.32 Å². The molecule has 1 heterocycles. The third-order valence-corrected chi connectivity index (χ3v) is 4.75. The van der Waals surface area contributed by atoms with Crippen molar-refractivity contribution in [3.8, 4) is 0 Å². The SMILES string of the molecule is CC(CC(C)(C)c1ccccc1)NCCc1cccs1. The molecule has 20 heavy (non-hydrogen) atoms. The fourth-order valence-electron chi connectivity index (χ4n) is 2.74. The predicted octanol–water partition coefficient (Wildman–Crippen LogP) is 4.64. The smallest absolute Gasteiger partial charge is 0.00578 e. The van der Waals surface area contributed by atoms with Gasteiger partial charge in [0.2, 0.25) is 0 Å². The lowest BCUT2D eigenvalue weighted by Gasteiger charge is -2.29. The summed E-state index contributed by atoms with van der Waals surface area (Å²) < 4.78 is 0. The van der Waals surface area contributed by atoms with Gasteiger partial charge in [0.05, 0.1) is 0 Å². The van der Waals surface area contributed by atoms with Crippen molar-refractivity contribution in [2.75, 3.05) is 6.54 Å². The Labute approximate surface area is 127 Å². The van der Waals surface area contributed by atoms with E-state index in [-0.39, 0.29) is 5.41 Å². The second-order valence-corrected chi connectivity index (χ2v) is 7.17. The van der Waals surface area contributed by atoms with Crippen molar-refractivity contribution in [3.63, 3.8) is 0 Å². The van der Waals surface area contributed by atoms with Crippen LogP contribution < -0.4 is 5.32 Å². The van der Waals surface area contributed by atoms with Gasteiger partial charge in [-0.1, -0.05) is 50.2 Å². The fourth-order valence-corrected chi connectivity index (χ4v) is 3.45. The summed E-state index contributed by atoms with van der Waals surface area (Å²) in [7, 11) is 0. The van der Waals surface area contributed by atoms with Gasteiger partial charge in [0.25, 0.3) is 0 Å². The first-order valence-corrected chi connectivity index (χ1v) is 8.27. The molecule has 2 heteroatoms. The molecule has 0 spiro atoms. The van der Waals surface area contributed by atoms with Crippen LogP contribution in [0.25, 0.3) is 0 Å². The van der Waals surface area contributed by atoms with Crippen molar-refractivity contribution in [1.82, 2.24) is 5.32 Å². The number of hydrogen-bond acceptors (Lipinski definition) is 2. The van der Waals surface area contributed by atoms with Gasteiger partial charge in [-0.15, -0.1) is 11.3 Å². The highest BCUT2D eigenvalue weighted by Crippen LogP contribution is 2.28. The van der Waals surface area contributed by atoms with Gasteiger partial charge >= 0.3 is 0 Å². The minimum Gasteiger partial charge on any atom is -0.314 e. The van der Waals surface area contributed by atoms with Gasteiger partial charge in [-0.2, -0.15) is 0 Å². The summed E-state index contributed by atoms with van der Waals surface area (Å²) >= 11 is 1.84. The Hall–Kier alpha value is -1.12. The summed E-state index contributed by atoms with van der Waals surface area (Å²) in [6.45, 7) is 8.02. The van der Waals surface area contributed by atoms with Gasteiger partial charge in [-0.25, -0.2) is 0 Å². The summed E-state index contributed by atoms with van der Waals surface area (Å²) in [5.74, 6) is 0. The average molecular weight is 287 g/mol. The van der Waals surface area contributed by atoms with Crippen LogP contribution in [-0.2, 0) is 11.8 Å². The molecular weight excluding hydrogens is 262 g/mol. The van der Waals surface area contributed by atoms with E-state index in [0.717, 1.165) is 19.4 Å². The van der Waals surface area contributed by atoms with Crippen LogP contribution in [0.4, 0.5) is 0 Å². The van der Waals surface area contributed by atoms with E-state index in [1.165, 1.54) is 10.4 Å². The molecule has 2 rings (SSSR count). The second-order valence-electron chi connectivity index (χ2n) is 6.14. The van der Waals surface area contributed by atoms with Crippen molar-refractivity contribution in [2.45, 2.75) is 45.1 Å². The summed E-state index contributed by atoms with van der Waals surface area (Å²) in [5.41, 5.74) is 1.64. The van der Waals surface area contributed by atoms with Gasteiger partial charge in [0.1, 0.15) is 0 Å². The molecule has 0 saturated carbocycles. The summed E-state index contributed by atoms with van der Waals surface area (Å²) in [5, 5.41) is 5.80. The third-order valence-electron chi connectivity index (χ3n) is 3.82. The van der Waals surface area contributed by atoms with Crippen molar-refractivity contribution in [1.29, 1.82) is 0 Å². The monoisotopic (exact) mass is 287 g/mol. The third kappa shape index (κ3) is 4.46. The molecule has 0 aliphatic carbocycles. The zero-order chi connectivity index (χ0) is 14.4. The molecule has 1 aromatic heterocycles. The van der Waals surface area contributed by atoms with Crippen molar-refractivity contribution in [2.24, 2.45) is 0 Å². The summed E-state index contributed by atoms with van der Waals surface area (Å²) in [4.78, 5) is 1.46. The van der Waals surface area contributed by atoms with Gasteiger partial charge in [-0.3, -0.25) is 0 Å². The number of hydrogen-bond donors (Lipinski definition) is 1. The van der Waals surface area contributed by atoms with Crippen molar-refractivity contribution < 1.29 is 0 Å². The van der Waals surface area contributed by atoms with Crippen LogP contribution in [0, 0.1) is 0 Å². The van der Waals surface area contributed by atoms with E-state index in [4.69, 9.17) is 0 Å². The second kappa shape index (κ2) is 7.05. The molecule has 0 radical (unpaired) electrons. The Morgan fingerprint density at radius 1 is 1.10 bits per heavy atom. The Morgan fingerprint density at radius 3 is 2.50 bits per heavy atom. The highest BCUT2D eigenvalue weighted by molar-refractivity contribution is 7.09. The molecule has 108 valence electrons. The lowest BCUT2D eigenvalue weighted by atomic mass is 9.79. The Bertz CT molecular complexity index is 487. The van der Waals surface area contributed by atoms with Crippen LogP contribution in [0.1, 0.15) is 37.6 Å². The van der Waals surface area contributed by atoms with Crippen LogP contribution >= 0.6 is 11.3 Å². The van der Waals surface area contributed by atoms with Crippen LogP contribution in [-0.4, -0.2) is 12.6 Å². The average Bonchev–Trinajstić information content (AvgIpc) is 2.92. The minimum atomic E-state index is 0.219. The highest BCUT2D eigenvalue weighted by atomic mass is 32.1. The van der Waals surface area contributed by atoms with Gasteiger partial charge in [-0.05, 0) is 42.2 Å². The van der Waals surface area contributed by atoms with Crippen LogP contribution in [0.2, 0.25) is 0 Å². The molecule has 0 bridgehead atoms. The maximum Gasteiger partial charge on any atom is 0.00578 e. The van der Waals surface area contributed by atoms with Gasteiger partial charge in [0.15, 0.2) is 0 Å². The molecule has 0 fully saturated rings. The normalized spacial score (nSPS) is 13.3. The molecule has 1 aromatic carbocycles. The van der Waals surface area contributed by atoms with E-state index >= 15 is 0 Å². The zero-order valence-corrected chi connectivity index (χ0v) is 13.5. The van der Waals surface area contributed by atoms with E-state index < -0.39 is 0 Å². The van der Waals surface area contributed by atoms with E-state index in [1.807, 2.05) is 11.3 Å². The molecule has 1 N–H and O–H groups in total. The topological polar surface area (TPSA) is 12.0 Å². The maximum atomic E-state index is 3.65. The Morgan fingerprint density at radius 2 is 1.85 bits per heavy atom. The Balaban J connectivity index is 1.80. The first kappa shape index (κ1) is 15.3. The van der Waals surface area contributed by atoms with Crippen molar-refractivity contribution >= 4 is 11.3 Å². The molecule has 0 aliphatic heterocycles. The lowest BCUT2D eigenvalue weighted by molar-refractivity contribution is 0.391. The molecule has 0 amide bonds. The molecule has 1 unspecified atom stereocenters. The number of rotatable bonds is 7. The highest BCUT2D eigenvalue weighted by Gasteiger charge is 2.22.